The minimum Gasteiger partial charge on any atom is -0.509 e. The number of pyridine rings is 1. The Morgan fingerprint density at radius 3 is 1.96 bits per heavy atom. The molecule has 0 fully saturated rings. The van der Waals surface area contributed by atoms with E-state index in [1.165, 1.54) is 12.1 Å². The average molecular weight is 926 g/mol. The number of hydrogen-bond acceptors (Lipinski definition) is 5. The van der Waals surface area contributed by atoms with Gasteiger partial charge < -0.3 is 24.0 Å². The van der Waals surface area contributed by atoms with Crippen molar-refractivity contribution in [1.29, 1.82) is 0 Å². The SMILES string of the molecule is Fc1ccc(N2[CH-]N(c3[c-]c(Oc4[c-]c5c(cc4)c4ccccc4n5-c4ccccn4)cc(N(c4ccccc4)c4ccccc4)c3)c3ccccc32)c(F)c1.[Pt]. The number of fused-ring (bicyclic) bond motifs is 4. The summed E-state index contributed by atoms with van der Waals surface area (Å²) in [5, 5.41) is 2.10. The van der Waals surface area contributed by atoms with E-state index in [-0.39, 0.29) is 26.8 Å². The summed E-state index contributed by atoms with van der Waals surface area (Å²) in [6.45, 7) is 1.79. The zero-order valence-electron chi connectivity index (χ0n) is 30.0. The van der Waals surface area contributed by atoms with Gasteiger partial charge in [-0.3, -0.25) is 0 Å². The van der Waals surface area contributed by atoms with Crippen LogP contribution in [0.3, 0.4) is 0 Å². The van der Waals surface area contributed by atoms with Gasteiger partial charge in [-0.25, -0.2) is 13.8 Å². The Bertz CT molecular complexity index is 2830. The van der Waals surface area contributed by atoms with Crippen molar-refractivity contribution in [3.8, 4) is 17.3 Å². The Kier molecular flexibility index (Phi) is 9.48. The predicted octanol–water partition coefficient (Wildman–Crippen LogP) is 12.7. The van der Waals surface area contributed by atoms with Crippen molar-refractivity contribution >= 4 is 61.6 Å². The summed E-state index contributed by atoms with van der Waals surface area (Å²) in [5.74, 6) is 0.379. The van der Waals surface area contributed by atoms with Crippen LogP contribution >= 0.6 is 0 Å². The summed E-state index contributed by atoms with van der Waals surface area (Å²) in [5.41, 5.74) is 6.88. The maximum atomic E-state index is 15.3. The van der Waals surface area contributed by atoms with E-state index in [0.29, 0.717) is 17.2 Å². The van der Waals surface area contributed by atoms with Crippen molar-refractivity contribution in [2.24, 2.45) is 0 Å². The molecule has 0 unspecified atom stereocenters. The topological polar surface area (TPSA) is 36.8 Å². The molecule has 280 valence electrons. The fourth-order valence-electron chi connectivity index (χ4n) is 7.38. The molecule has 2 aromatic heterocycles. The van der Waals surface area contributed by atoms with Crippen molar-refractivity contribution in [3.05, 3.63) is 206 Å². The minimum absolute atomic E-state index is 0. The Morgan fingerprint density at radius 1 is 0.561 bits per heavy atom. The standard InChI is InChI=1S/C48H30F2N5O.Pt/c49-33-22-25-44(42(50)27-33)53-32-52(45-19-9-10-20-46(45)53)36-28-37(54(34-13-3-1-4-14-34)35-15-5-2-6-16-35)30-39(29-36)56-38-23-24-41-40-17-7-8-18-43(40)55(47(41)31-38)48-21-11-12-26-51-48;/h1-28,30,32H;/q-3;. The second kappa shape index (κ2) is 15.1. The Morgan fingerprint density at radius 2 is 1.25 bits per heavy atom. The van der Waals surface area contributed by atoms with Crippen LogP contribution in [0, 0.1) is 30.4 Å². The smallest absolute Gasteiger partial charge is 0.147 e. The summed E-state index contributed by atoms with van der Waals surface area (Å²) in [7, 11) is 0. The van der Waals surface area contributed by atoms with E-state index in [4.69, 9.17) is 4.74 Å². The molecule has 0 bridgehead atoms. The molecule has 6 nitrogen and oxygen atoms in total. The van der Waals surface area contributed by atoms with E-state index in [9.17, 15) is 4.39 Å². The summed E-state index contributed by atoms with van der Waals surface area (Å²) >= 11 is 0. The summed E-state index contributed by atoms with van der Waals surface area (Å²) < 4.78 is 38.2. The third-order valence-electron chi connectivity index (χ3n) is 9.82. The van der Waals surface area contributed by atoms with Gasteiger partial charge in [-0.2, -0.15) is 6.07 Å². The fraction of sp³-hybridized carbons (Fsp3) is 0. The molecule has 9 aromatic rings. The van der Waals surface area contributed by atoms with Gasteiger partial charge in [-0.05, 0) is 72.1 Å². The van der Waals surface area contributed by atoms with Crippen LogP contribution in [0.5, 0.6) is 11.5 Å². The predicted molar refractivity (Wildman–Crippen MR) is 219 cm³/mol. The molecular weight excluding hydrogens is 896 g/mol. The van der Waals surface area contributed by atoms with Gasteiger partial charge in [0.25, 0.3) is 0 Å². The number of para-hydroxylation sites is 5. The van der Waals surface area contributed by atoms with Gasteiger partial charge in [0.05, 0.1) is 0 Å². The van der Waals surface area contributed by atoms with Gasteiger partial charge in [0.15, 0.2) is 0 Å². The van der Waals surface area contributed by atoms with Crippen LogP contribution in [0.2, 0.25) is 0 Å². The third kappa shape index (κ3) is 6.58. The van der Waals surface area contributed by atoms with Crippen LogP contribution in [-0.2, 0) is 21.1 Å². The molecule has 0 amide bonds. The molecule has 57 heavy (non-hydrogen) atoms. The molecule has 0 atom stereocenters. The number of rotatable bonds is 8. The van der Waals surface area contributed by atoms with Crippen LogP contribution in [0.25, 0.3) is 27.6 Å². The van der Waals surface area contributed by atoms with Gasteiger partial charge in [0, 0.05) is 78.8 Å². The van der Waals surface area contributed by atoms with Crippen molar-refractivity contribution in [1.82, 2.24) is 9.55 Å². The van der Waals surface area contributed by atoms with Gasteiger partial charge in [-0.15, -0.1) is 42.4 Å². The maximum Gasteiger partial charge on any atom is 0.147 e. The average Bonchev–Trinajstić information content (AvgIpc) is 3.78. The van der Waals surface area contributed by atoms with Crippen LogP contribution in [0.15, 0.2) is 176 Å². The van der Waals surface area contributed by atoms with E-state index in [0.717, 1.165) is 62.1 Å². The first kappa shape index (κ1) is 35.9. The number of ether oxygens (including phenoxy) is 1. The molecule has 9 heteroatoms. The molecule has 0 saturated carbocycles. The number of nitrogens with zero attached hydrogens (tertiary/aromatic N) is 5. The van der Waals surface area contributed by atoms with Gasteiger partial charge in [0.2, 0.25) is 0 Å². The zero-order chi connectivity index (χ0) is 37.6. The number of halogens is 2. The number of hydrogen-bond donors (Lipinski definition) is 0. The molecule has 1 aliphatic rings. The Labute approximate surface area is 342 Å². The van der Waals surface area contributed by atoms with Crippen molar-refractivity contribution in [2.45, 2.75) is 0 Å². The second-order valence-electron chi connectivity index (χ2n) is 13.3. The molecule has 0 saturated heterocycles. The van der Waals surface area contributed by atoms with Crippen LogP contribution in [0.4, 0.5) is 48.6 Å². The largest absolute Gasteiger partial charge is 0.509 e. The first-order valence-corrected chi connectivity index (χ1v) is 18.1. The number of benzene rings is 7. The van der Waals surface area contributed by atoms with E-state index >= 15 is 4.39 Å². The number of aromatic nitrogens is 2. The molecule has 0 radical (unpaired) electrons. The maximum absolute atomic E-state index is 15.3. The Balaban J connectivity index is 0.00000422. The van der Waals surface area contributed by atoms with Gasteiger partial charge in [0.1, 0.15) is 17.5 Å². The first-order valence-electron chi connectivity index (χ1n) is 18.1. The van der Waals surface area contributed by atoms with Gasteiger partial charge in [-0.1, -0.05) is 89.7 Å². The number of anilines is 7. The first-order chi connectivity index (χ1) is 27.6. The quantitative estimate of drug-likeness (QED) is 0.142. The zero-order valence-corrected chi connectivity index (χ0v) is 32.3. The Hall–Kier alpha value is -6.76. The van der Waals surface area contributed by atoms with Crippen molar-refractivity contribution in [3.63, 3.8) is 0 Å². The van der Waals surface area contributed by atoms with Crippen molar-refractivity contribution < 1.29 is 34.6 Å². The van der Waals surface area contributed by atoms with Crippen LogP contribution in [0.1, 0.15) is 0 Å². The molecule has 10 rings (SSSR count). The van der Waals surface area contributed by atoms with Crippen LogP contribution in [-0.4, -0.2) is 9.55 Å². The molecular formula is C48H30F2N5OPt-3. The van der Waals surface area contributed by atoms with E-state index < -0.39 is 11.6 Å². The molecule has 7 aromatic carbocycles. The van der Waals surface area contributed by atoms with Crippen molar-refractivity contribution in [2.75, 3.05) is 14.7 Å². The fourth-order valence-corrected chi connectivity index (χ4v) is 7.38. The van der Waals surface area contributed by atoms with E-state index in [1.807, 2.05) is 120 Å². The van der Waals surface area contributed by atoms with E-state index in [2.05, 4.69) is 63.0 Å². The molecule has 0 N–H and O–H groups in total. The van der Waals surface area contributed by atoms with E-state index in [1.54, 1.807) is 17.8 Å². The summed E-state index contributed by atoms with van der Waals surface area (Å²) in [6, 6.07) is 60.6. The van der Waals surface area contributed by atoms with Gasteiger partial charge >= 0.3 is 0 Å². The molecule has 0 aliphatic carbocycles. The molecule has 3 heterocycles. The second-order valence-corrected chi connectivity index (χ2v) is 13.3. The summed E-state index contributed by atoms with van der Waals surface area (Å²) in [6.07, 6.45) is 1.78. The summed E-state index contributed by atoms with van der Waals surface area (Å²) in [4.78, 5) is 10.5. The van der Waals surface area contributed by atoms with Crippen LogP contribution < -0.4 is 19.4 Å². The molecule has 1 aliphatic heterocycles. The monoisotopic (exact) mass is 925 g/mol. The third-order valence-corrected chi connectivity index (χ3v) is 9.82. The molecule has 0 spiro atoms. The minimum atomic E-state index is -0.673. The normalized spacial score (nSPS) is 12.1.